The minimum Gasteiger partial charge on any atom is -0.497 e. The highest BCUT2D eigenvalue weighted by atomic mass is 35.5. The molecule has 0 fully saturated rings. The fourth-order valence-corrected chi connectivity index (χ4v) is 5.36. The average Bonchev–Trinajstić information content (AvgIpc) is 2.93. The molecule has 1 N–H and O–H groups in total. The van der Waals surface area contributed by atoms with Crippen molar-refractivity contribution >= 4 is 39.1 Å². The topological polar surface area (TPSA) is 96.0 Å². The van der Waals surface area contributed by atoms with E-state index in [9.17, 15) is 18.0 Å². The van der Waals surface area contributed by atoms with Crippen molar-refractivity contribution in [3.05, 3.63) is 89.4 Å². The van der Waals surface area contributed by atoms with E-state index >= 15 is 0 Å². The molecule has 1 atom stereocenters. The SMILES string of the molecule is COc1ccc(CN(C(=O)CN(c2ccccc2)S(=O)(=O)c2ccc(Cl)cc2)[C@H](C)C(=O)NCC(C)C)cc1. The third-order valence-corrected chi connectivity index (χ3v) is 8.13. The molecule has 0 aromatic heterocycles. The van der Waals surface area contributed by atoms with Gasteiger partial charge in [0.15, 0.2) is 0 Å². The van der Waals surface area contributed by atoms with Gasteiger partial charge in [-0.2, -0.15) is 0 Å². The predicted octanol–water partition coefficient (Wildman–Crippen LogP) is 4.73. The minimum absolute atomic E-state index is 0.00650. The number of amides is 2. The van der Waals surface area contributed by atoms with E-state index in [1.807, 2.05) is 13.8 Å². The van der Waals surface area contributed by atoms with Crippen molar-refractivity contribution < 1.29 is 22.7 Å². The molecule has 8 nitrogen and oxygen atoms in total. The molecule has 0 unspecified atom stereocenters. The second-order valence-electron chi connectivity index (χ2n) is 9.49. The maximum absolute atomic E-state index is 13.9. The molecule has 3 aromatic rings. The summed E-state index contributed by atoms with van der Waals surface area (Å²) in [5.74, 6) is 0.0328. The maximum Gasteiger partial charge on any atom is 0.264 e. The van der Waals surface area contributed by atoms with Crippen molar-refractivity contribution in [1.82, 2.24) is 10.2 Å². The molecule has 3 aromatic carbocycles. The first-order chi connectivity index (χ1) is 18.5. The summed E-state index contributed by atoms with van der Waals surface area (Å²) in [6, 6.07) is 20.4. The lowest BCUT2D eigenvalue weighted by Gasteiger charge is -2.32. The summed E-state index contributed by atoms with van der Waals surface area (Å²) in [5, 5.41) is 3.26. The summed E-state index contributed by atoms with van der Waals surface area (Å²) in [5.41, 5.74) is 1.08. The molecule has 0 bridgehead atoms. The summed E-state index contributed by atoms with van der Waals surface area (Å²) in [4.78, 5) is 28.3. The Morgan fingerprint density at radius 3 is 2.10 bits per heavy atom. The van der Waals surface area contributed by atoms with Gasteiger partial charge in [0.05, 0.1) is 17.7 Å². The van der Waals surface area contributed by atoms with Crippen LogP contribution < -0.4 is 14.4 Å². The Hall–Kier alpha value is -3.56. The van der Waals surface area contributed by atoms with Crippen molar-refractivity contribution in [2.24, 2.45) is 5.92 Å². The van der Waals surface area contributed by atoms with E-state index in [1.165, 1.54) is 29.2 Å². The van der Waals surface area contributed by atoms with Gasteiger partial charge in [-0.25, -0.2) is 8.42 Å². The van der Waals surface area contributed by atoms with Crippen LogP contribution in [0.15, 0.2) is 83.8 Å². The largest absolute Gasteiger partial charge is 0.497 e. The van der Waals surface area contributed by atoms with Crippen LogP contribution in [0.1, 0.15) is 26.3 Å². The average molecular weight is 572 g/mol. The lowest BCUT2D eigenvalue weighted by Crippen LogP contribution is -2.51. The zero-order valence-electron chi connectivity index (χ0n) is 22.5. The zero-order valence-corrected chi connectivity index (χ0v) is 24.1. The second kappa shape index (κ2) is 13.5. The summed E-state index contributed by atoms with van der Waals surface area (Å²) >= 11 is 5.97. The fraction of sp³-hybridized carbons (Fsp3) is 0.310. The molecule has 0 aliphatic carbocycles. The number of carbonyl (C=O) groups excluding carboxylic acids is 2. The van der Waals surface area contributed by atoms with E-state index in [1.54, 1.807) is 68.6 Å². The molecule has 0 aliphatic rings. The molecule has 3 rings (SSSR count). The van der Waals surface area contributed by atoms with Crippen molar-refractivity contribution in [1.29, 1.82) is 0 Å². The van der Waals surface area contributed by atoms with Gasteiger partial charge < -0.3 is 15.0 Å². The van der Waals surface area contributed by atoms with Crippen LogP contribution in [-0.4, -0.2) is 51.4 Å². The van der Waals surface area contributed by atoms with Gasteiger partial charge in [-0.05, 0) is 66.9 Å². The summed E-state index contributed by atoms with van der Waals surface area (Å²) in [7, 11) is -2.58. The first-order valence-corrected chi connectivity index (χ1v) is 14.4. The first-order valence-electron chi connectivity index (χ1n) is 12.6. The second-order valence-corrected chi connectivity index (χ2v) is 11.8. The molecule has 208 valence electrons. The number of para-hydroxylation sites is 1. The Kier molecular flexibility index (Phi) is 10.4. The monoisotopic (exact) mass is 571 g/mol. The Morgan fingerprint density at radius 1 is 0.923 bits per heavy atom. The summed E-state index contributed by atoms with van der Waals surface area (Å²) < 4.78 is 33.7. The number of hydrogen-bond acceptors (Lipinski definition) is 5. The van der Waals surface area contributed by atoms with Crippen LogP contribution in [0.5, 0.6) is 5.75 Å². The molecule has 0 radical (unpaired) electrons. The number of anilines is 1. The van der Waals surface area contributed by atoms with Crippen molar-refractivity contribution in [3.8, 4) is 5.75 Å². The van der Waals surface area contributed by atoms with Crippen LogP contribution in [0, 0.1) is 5.92 Å². The highest BCUT2D eigenvalue weighted by Crippen LogP contribution is 2.25. The quantitative estimate of drug-likeness (QED) is 0.339. The fourth-order valence-electron chi connectivity index (χ4n) is 3.82. The number of carbonyl (C=O) groups is 2. The minimum atomic E-state index is -4.14. The van der Waals surface area contributed by atoms with Crippen molar-refractivity contribution in [2.45, 2.75) is 38.3 Å². The summed E-state index contributed by atoms with van der Waals surface area (Å²) in [6.45, 7) is 5.64. The maximum atomic E-state index is 13.9. The van der Waals surface area contributed by atoms with Crippen molar-refractivity contribution in [3.63, 3.8) is 0 Å². The van der Waals surface area contributed by atoms with E-state index in [0.29, 0.717) is 23.0 Å². The van der Waals surface area contributed by atoms with Gasteiger partial charge in [-0.1, -0.05) is 55.8 Å². The number of nitrogens with zero attached hydrogens (tertiary/aromatic N) is 2. The van der Waals surface area contributed by atoms with Gasteiger partial charge in [-0.15, -0.1) is 0 Å². The number of methoxy groups -OCH3 is 1. The molecular formula is C29H34ClN3O5S. The number of benzene rings is 3. The van der Waals surface area contributed by atoms with Crippen LogP contribution in [0.2, 0.25) is 5.02 Å². The van der Waals surface area contributed by atoms with Crippen LogP contribution >= 0.6 is 11.6 Å². The first kappa shape index (κ1) is 30.0. The number of rotatable bonds is 12. The molecule has 0 saturated heterocycles. The van der Waals surface area contributed by atoms with E-state index in [-0.39, 0.29) is 23.3 Å². The highest BCUT2D eigenvalue weighted by molar-refractivity contribution is 7.92. The smallest absolute Gasteiger partial charge is 0.264 e. The van der Waals surface area contributed by atoms with E-state index in [4.69, 9.17) is 16.3 Å². The van der Waals surface area contributed by atoms with Gasteiger partial charge in [0.1, 0.15) is 18.3 Å². The van der Waals surface area contributed by atoms with Crippen LogP contribution in [0.4, 0.5) is 5.69 Å². The third kappa shape index (κ3) is 7.97. The number of halogens is 1. The van der Waals surface area contributed by atoms with E-state index in [0.717, 1.165) is 9.87 Å². The van der Waals surface area contributed by atoms with Crippen LogP contribution in [0.25, 0.3) is 0 Å². The molecule has 10 heteroatoms. The lowest BCUT2D eigenvalue weighted by atomic mass is 10.1. The van der Waals surface area contributed by atoms with Gasteiger partial charge >= 0.3 is 0 Å². The van der Waals surface area contributed by atoms with E-state index < -0.39 is 28.5 Å². The third-order valence-electron chi connectivity index (χ3n) is 6.09. The normalized spacial score (nSPS) is 12.1. The molecular weight excluding hydrogens is 538 g/mol. The van der Waals surface area contributed by atoms with Gasteiger partial charge in [0.25, 0.3) is 10.0 Å². The molecule has 0 aliphatic heterocycles. The van der Waals surface area contributed by atoms with Gasteiger partial charge in [0, 0.05) is 18.1 Å². The molecule has 2 amide bonds. The predicted molar refractivity (Wildman–Crippen MR) is 153 cm³/mol. The van der Waals surface area contributed by atoms with Crippen molar-refractivity contribution in [2.75, 3.05) is 24.5 Å². The number of hydrogen-bond donors (Lipinski definition) is 1. The van der Waals surface area contributed by atoms with Gasteiger partial charge in [0.2, 0.25) is 11.8 Å². The highest BCUT2D eigenvalue weighted by Gasteiger charge is 2.32. The lowest BCUT2D eigenvalue weighted by molar-refractivity contribution is -0.139. The van der Waals surface area contributed by atoms with Crippen LogP contribution in [-0.2, 0) is 26.2 Å². The Bertz CT molecular complexity index is 1350. The van der Waals surface area contributed by atoms with Gasteiger partial charge in [-0.3, -0.25) is 13.9 Å². The van der Waals surface area contributed by atoms with Crippen LogP contribution in [0.3, 0.4) is 0 Å². The van der Waals surface area contributed by atoms with E-state index in [2.05, 4.69) is 5.32 Å². The number of nitrogens with one attached hydrogen (secondary N) is 1. The number of sulfonamides is 1. The molecule has 39 heavy (non-hydrogen) atoms. The Balaban J connectivity index is 1.97. The Labute approximate surface area is 235 Å². The number of ether oxygens (including phenoxy) is 1. The summed E-state index contributed by atoms with van der Waals surface area (Å²) in [6.07, 6.45) is 0. The molecule has 0 heterocycles. The zero-order chi connectivity index (χ0) is 28.6. The molecule has 0 spiro atoms. The molecule has 0 saturated carbocycles. The standard InChI is InChI=1S/C29H34ClN3O5S/c1-21(2)18-31-29(35)22(3)32(19-23-10-14-26(38-4)15-11-23)28(34)20-33(25-8-6-5-7-9-25)39(36,37)27-16-12-24(30)13-17-27/h5-17,21-22H,18-20H2,1-4H3,(H,31,35)/t22-/m1/s1. The Morgan fingerprint density at radius 2 is 1.54 bits per heavy atom.